The second kappa shape index (κ2) is 6.20. The fourth-order valence-corrected chi connectivity index (χ4v) is 2.89. The fourth-order valence-electron chi connectivity index (χ4n) is 2.68. The lowest BCUT2D eigenvalue weighted by Gasteiger charge is -2.29. The minimum absolute atomic E-state index is 0.140. The van der Waals surface area contributed by atoms with Crippen LogP contribution in [0.15, 0.2) is 12.1 Å². The molecule has 0 radical (unpaired) electrons. The van der Waals surface area contributed by atoms with Crippen LogP contribution in [0.25, 0.3) is 0 Å². The molecule has 1 aliphatic rings. The Morgan fingerprint density at radius 2 is 2.00 bits per heavy atom. The molecule has 2 unspecified atom stereocenters. The average Bonchev–Trinajstić information content (AvgIpc) is 2.36. The second-order valence-corrected chi connectivity index (χ2v) is 5.85. The highest BCUT2D eigenvalue weighted by Crippen LogP contribution is 2.33. The van der Waals surface area contributed by atoms with Gasteiger partial charge in [0.2, 0.25) is 0 Å². The van der Waals surface area contributed by atoms with E-state index >= 15 is 0 Å². The molecule has 6 heteroatoms. The first-order chi connectivity index (χ1) is 9.36. The van der Waals surface area contributed by atoms with E-state index in [0.29, 0.717) is 18.4 Å². The number of hydrogen-bond acceptors (Lipinski definition) is 2. The van der Waals surface area contributed by atoms with Crippen molar-refractivity contribution in [1.82, 2.24) is 4.98 Å². The number of rotatable bonds is 3. The van der Waals surface area contributed by atoms with Crippen LogP contribution in [0.1, 0.15) is 38.2 Å². The Morgan fingerprint density at radius 1 is 1.30 bits per heavy atom. The molecule has 20 heavy (non-hydrogen) atoms. The molecule has 0 bridgehead atoms. The summed E-state index contributed by atoms with van der Waals surface area (Å²) < 4.78 is 38.1. The van der Waals surface area contributed by atoms with Gasteiger partial charge < -0.3 is 5.32 Å². The van der Waals surface area contributed by atoms with Gasteiger partial charge in [-0.05, 0) is 30.4 Å². The maximum absolute atomic E-state index is 12.7. The summed E-state index contributed by atoms with van der Waals surface area (Å²) in [5, 5.41) is 2.86. The highest BCUT2D eigenvalue weighted by atomic mass is 35.5. The van der Waals surface area contributed by atoms with Crippen LogP contribution >= 0.6 is 11.6 Å². The summed E-state index contributed by atoms with van der Waals surface area (Å²) in [7, 11) is 0. The van der Waals surface area contributed by atoms with Gasteiger partial charge in [0.1, 0.15) is 11.0 Å². The van der Waals surface area contributed by atoms with E-state index < -0.39 is 11.7 Å². The lowest BCUT2D eigenvalue weighted by atomic mass is 9.80. The SMILES string of the molecule is CC1CCCCC1CNc1cc(C(F)(F)F)cc(Cl)n1. The van der Waals surface area contributed by atoms with Gasteiger partial charge in [-0.1, -0.05) is 37.8 Å². The molecule has 1 heterocycles. The molecule has 1 aliphatic carbocycles. The first-order valence-corrected chi connectivity index (χ1v) is 7.22. The van der Waals surface area contributed by atoms with E-state index in [1.807, 2.05) is 0 Å². The third-order valence-electron chi connectivity index (χ3n) is 3.96. The predicted octanol–water partition coefficient (Wildman–Crippen LogP) is 4.99. The summed E-state index contributed by atoms with van der Waals surface area (Å²) in [6, 6.07) is 1.86. The van der Waals surface area contributed by atoms with Gasteiger partial charge in [-0.2, -0.15) is 13.2 Å². The van der Waals surface area contributed by atoms with Crippen molar-refractivity contribution in [3.63, 3.8) is 0 Å². The minimum atomic E-state index is -4.40. The summed E-state index contributed by atoms with van der Waals surface area (Å²) in [5.74, 6) is 1.28. The number of pyridine rings is 1. The van der Waals surface area contributed by atoms with Crippen LogP contribution in [-0.2, 0) is 6.18 Å². The van der Waals surface area contributed by atoms with E-state index in [0.717, 1.165) is 18.6 Å². The monoisotopic (exact) mass is 306 g/mol. The molecule has 112 valence electrons. The van der Waals surface area contributed by atoms with E-state index in [-0.39, 0.29) is 11.0 Å². The Bertz CT molecular complexity index is 462. The van der Waals surface area contributed by atoms with Crippen LogP contribution in [0.5, 0.6) is 0 Å². The molecule has 1 N–H and O–H groups in total. The van der Waals surface area contributed by atoms with Gasteiger partial charge in [0.15, 0.2) is 0 Å². The summed E-state index contributed by atoms with van der Waals surface area (Å²) >= 11 is 5.66. The van der Waals surface area contributed by atoms with E-state index in [1.54, 1.807) is 0 Å². The van der Waals surface area contributed by atoms with Gasteiger partial charge >= 0.3 is 6.18 Å². The van der Waals surface area contributed by atoms with Crippen molar-refractivity contribution in [2.45, 2.75) is 38.8 Å². The summed E-state index contributed by atoms with van der Waals surface area (Å²) in [4.78, 5) is 3.91. The largest absolute Gasteiger partial charge is 0.416 e. The molecule has 0 spiro atoms. The van der Waals surface area contributed by atoms with Crippen LogP contribution in [0, 0.1) is 11.8 Å². The number of alkyl halides is 3. The number of anilines is 1. The van der Waals surface area contributed by atoms with Crippen molar-refractivity contribution in [1.29, 1.82) is 0 Å². The highest BCUT2D eigenvalue weighted by molar-refractivity contribution is 6.29. The molecule has 1 aromatic heterocycles. The summed E-state index contributed by atoms with van der Waals surface area (Å²) in [6.07, 6.45) is 0.323. The maximum Gasteiger partial charge on any atom is 0.416 e. The summed E-state index contributed by atoms with van der Waals surface area (Å²) in [5.41, 5.74) is -0.767. The molecule has 2 rings (SSSR count). The van der Waals surface area contributed by atoms with Gasteiger partial charge in [0, 0.05) is 6.54 Å². The Kier molecular flexibility index (Phi) is 4.78. The number of nitrogens with zero attached hydrogens (tertiary/aromatic N) is 1. The molecular formula is C14H18ClF3N2. The zero-order chi connectivity index (χ0) is 14.8. The van der Waals surface area contributed by atoms with Crippen molar-refractivity contribution >= 4 is 17.4 Å². The van der Waals surface area contributed by atoms with Gasteiger partial charge in [0.25, 0.3) is 0 Å². The van der Waals surface area contributed by atoms with Crippen molar-refractivity contribution in [3.05, 3.63) is 22.8 Å². The molecule has 2 atom stereocenters. The topological polar surface area (TPSA) is 24.9 Å². The molecule has 0 saturated heterocycles. The van der Waals surface area contributed by atoms with Crippen LogP contribution in [0.2, 0.25) is 5.15 Å². The number of hydrogen-bond donors (Lipinski definition) is 1. The number of halogens is 4. The number of aromatic nitrogens is 1. The molecular weight excluding hydrogens is 289 g/mol. The first-order valence-electron chi connectivity index (χ1n) is 6.85. The third kappa shape index (κ3) is 4.01. The molecule has 0 amide bonds. The lowest BCUT2D eigenvalue weighted by molar-refractivity contribution is -0.137. The molecule has 1 aromatic rings. The molecule has 1 fully saturated rings. The van der Waals surface area contributed by atoms with E-state index in [4.69, 9.17) is 11.6 Å². The highest BCUT2D eigenvalue weighted by Gasteiger charge is 2.31. The normalized spacial score (nSPS) is 23.6. The molecule has 1 saturated carbocycles. The standard InChI is InChI=1S/C14H18ClF3N2/c1-9-4-2-3-5-10(9)8-19-13-7-11(14(16,17)18)6-12(15)20-13/h6-7,9-10H,2-5,8H2,1H3,(H,19,20). The summed E-state index contributed by atoms with van der Waals surface area (Å²) in [6.45, 7) is 2.84. The first kappa shape index (κ1) is 15.4. The Labute approximate surface area is 121 Å². The Hall–Kier alpha value is -0.970. The van der Waals surface area contributed by atoms with Gasteiger partial charge in [-0.15, -0.1) is 0 Å². The zero-order valence-corrected chi connectivity index (χ0v) is 12.1. The van der Waals surface area contributed by atoms with Crippen LogP contribution in [0.3, 0.4) is 0 Å². The minimum Gasteiger partial charge on any atom is -0.370 e. The average molecular weight is 307 g/mol. The predicted molar refractivity (Wildman–Crippen MR) is 73.9 cm³/mol. The smallest absolute Gasteiger partial charge is 0.370 e. The van der Waals surface area contributed by atoms with E-state index in [1.165, 1.54) is 19.3 Å². The van der Waals surface area contributed by atoms with Crippen molar-refractivity contribution in [2.24, 2.45) is 11.8 Å². The van der Waals surface area contributed by atoms with Crippen molar-refractivity contribution in [3.8, 4) is 0 Å². The van der Waals surface area contributed by atoms with Gasteiger partial charge in [-0.3, -0.25) is 0 Å². The Balaban J connectivity index is 2.04. The van der Waals surface area contributed by atoms with E-state index in [9.17, 15) is 13.2 Å². The van der Waals surface area contributed by atoms with Gasteiger partial charge in [-0.25, -0.2) is 4.98 Å². The van der Waals surface area contributed by atoms with Crippen molar-refractivity contribution < 1.29 is 13.2 Å². The van der Waals surface area contributed by atoms with Crippen LogP contribution in [0.4, 0.5) is 19.0 Å². The zero-order valence-electron chi connectivity index (χ0n) is 11.3. The van der Waals surface area contributed by atoms with Crippen molar-refractivity contribution in [2.75, 3.05) is 11.9 Å². The van der Waals surface area contributed by atoms with Gasteiger partial charge in [0.05, 0.1) is 5.56 Å². The lowest BCUT2D eigenvalue weighted by Crippen LogP contribution is -2.24. The maximum atomic E-state index is 12.7. The molecule has 2 nitrogen and oxygen atoms in total. The van der Waals surface area contributed by atoms with Crippen LogP contribution in [-0.4, -0.2) is 11.5 Å². The third-order valence-corrected chi connectivity index (χ3v) is 4.15. The Morgan fingerprint density at radius 3 is 2.65 bits per heavy atom. The fraction of sp³-hybridized carbons (Fsp3) is 0.643. The molecule has 0 aliphatic heterocycles. The molecule has 0 aromatic carbocycles. The second-order valence-electron chi connectivity index (χ2n) is 5.46. The van der Waals surface area contributed by atoms with E-state index in [2.05, 4.69) is 17.2 Å². The quantitative estimate of drug-likeness (QED) is 0.796. The number of nitrogens with one attached hydrogen (secondary N) is 1. The van der Waals surface area contributed by atoms with Crippen LogP contribution < -0.4 is 5.32 Å².